The van der Waals surface area contributed by atoms with E-state index in [1.165, 1.54) is 24.0 Å². The number of hydrogen-bond acceptors (Lipinski definition) is 0. The Kier molecular flexibility index (Phi) is 2.13. The summed E-state index contributed by atoms with van der Waals surface area (Å²) in [5.74, 6) is 0.660. The molecule has 17 heavy (non-hydrogen) atoms. The molecule has 0 radical (unpaired) electrons. The molecule has 84 valence electrons. The third-order valence-electron chi connectivity index (χ3n) is 4.10. The van der Waals surface area contributed by atoms with Crippen molar-refractivity contribution in [2.24, 2.45) is 0 Å². The minimum Gasteiger partial charge on any atom is -0.0822 e. The predicted octanol–water partition coefficient (Wildman–Crippen LogP) is 4.55. The Morgan fingerprint density at radius 3 is 2.71 bits per heavy atom. The molecule has 0 aromatic heterocycles. The molecule has 2 atom stereocenters. The van der Waals surface area contributed by atoms with Crippen LogP contribution < -0.4 is 0 Å². The zero-order valence-electron chi connectivity index (χ0n) is 9.49. The molecule has 0 aliphatic heterocycles. The number of hydrogen-bond donors (Lipinski definition) is 0. The molecule has 2 aliphatic carbocycles. The zero-order chi connectivity index (χ0) is 11.4. The number of benzene rings is 2. The van der Waals surface area contributed by atoms with E-state index in [-0.39, 0.29) is 0 Å². The van der Waals surface area contributed by atoms with E-state index in [1.807, 2.05) is 0 Å². The van der Waals surface area contributed by atoms with Crippen molar-refractivity contribution in [1.29, 1.82) is 0 Å². The normalized spacial score (nSPS) is 24.3. The lowest BCUT2D eigenvalue weighted by atomic mass is 9.82. The molecule has 0 fully saturated rings. The standard InChI is InChI=1S/C16H13I/c17-11-8-10-4-3-7-14-12-5-1-2-6-13(12)15(9-11)16(10)14/h1-7,11,15H,8-9H2. The topological polar surface area (TPSA) is 0 Å². The van der Waals surface area contributed by atoms with E-state index in [0.29, 0.717) is 5.92 Å². The van der Waals surface area contributed by atoms with Crippen molar-refractivity contribution in [2.45, 2.75) is 22.7 Å². The minimum atomic E-state index is 0.660. The fraction of sp³-hybridized carbons (Fsp3) is 0.250. The maximum absolute atomic E-state index is 2.61. The van der Waals surface area contributed by atoms with Crippen LogP contribution in [-0.2, 0) is 6.42 Å². The summed E-state index contributed by atoms with van der Waals surface area (Å²) in [5, 5.41) is 0. The summed E-state index contributed by atoms with van der Waals surface area (Å²) in [5.41, 5.74) is 7.72. The van der Waals surface area contributed by atoms with Crippen LogP contribution >= 0.6 is 22.6 Å². The van der Waals surface area contributed by atoms with Gasteiger partial charge in [0.1, 0.15) is 0 Å². The molecule has 2 aliphatic rings. The average Bonchev–Trinajstić information content (AvgIpc) is 2.67. The molecule has 4 rings (SSSR count). The van der Waals surface area contributed by atoms with Gasteiger partial charge in [0.2, 0.25) is 0 Å². The Morgan fingerprint density at radius 1 is 0.941 bits per heavy atom. The number of fused-ring (bicyclic) bond motifs is 3. The smallest absolute Gasteiger partial charge is 0.0159 e. The van der Waals surface area contributed by atoms with E-state index in [2.05, 4.69) is 65.1 Å². The van der Waals surface area contributed by atoms with E-state index >= 15 is 0 Å². The fourth-order valence-electron chi connectivity index (χ4n) is 3.46. The van der Waals surface area contributed by atoms with Gasteiger partial charge in [0.15, 0.2) is 0 Å². The average molecular weight is 332 g/mol. The van der Waals surface area contributed by atoms with Crippen molar-refractivity contribution >= 4 is 22.6 Å². The predicted molar refractivity (Wildman–Crippen MR) is 79.9 cm³/mol. The summed E-state index contributed by atoms with van der Waals surface area (Å²) < 4.78 is 0.784. The third-order valence-corrected chi connectivity index (χ3v) is 5.05. The Labute approximate surface area is 115 Å². The zero-order valence-corrected chi connectivity index (χ0v) is 11.6. The summed E-state index contributed by atoms with van der Waals surface area (Å²) in [7, 11) is 0. The van der Waals surface area contributed by atoms with Gasteiger partial charge < -0.3 is 0 Å². The molecule has 0 N–H and O–H groups in total. The molecular formula is C16H13I. The van der Waals surface area contributed by atoms with Crippen LogP contribution in [0, 0.1) is 0 Å². The van der Waals surface area contributed by atoms with Crippen molar-refractivity contribution in [3.8, 4) is 11.1 Å². The molecule has 2 aromatic carbocycles. The van der Waals surface area contributed by atoms with Crippen LogP contribution in [0.15, 0.2) is 42.5 Å². The van der Waals surface area contributed by atoms with Crippen molar-refractivity contribution in [2.75, 3.05) is 0 Å². The monoisotopic (exact) mass is 332 g/mol. The van der Waals surface area contributed by atoms with Gasteiger partial charge in [-0.05, 0) is 40.7 Å². The lowest BCUT2D eigenvalue weighted by molar-refractivity contribution is 0.658. The van der Waals surface area contributed by atoms with Crippen LogP contribution in [0.2, 0.25) is 0 Å². The Morgan fingerprint density at radius 2 is 1.76 bits per heavy atom. The Balaban J connectivity index is 2.06. The molecule has 2 aromatic rings. The van der Waals surface area contributed by atoms with Gasteiger partial charge in [-0.15, -0.1) is 0 Å². The quantitative estimate of drug-likeness (QED) is 0.490. The highest BCUT2D eigenvalue weighted by atomic mass is 127. The van der Waals surface area contributed by atoms with Crippen molar-refractivity contribution in [3.63, 3.8) is 0 Å². The summed E-state index contributed by atoms with van der Waals surface area (Å²) in [6.07, 6.45) is 2.55. The highest BCUT2D eigenvalue weighted by molar-refractivity contribution is 14.1. The van der Waals surface area contributed by atoms with E-state index in [1.54, 1.807) is 16.7 Å². The van der Waals surface area contributed by atoms with Crippen molar-refractivity contribution in [1.82, 2.24) is 0 Å². The van der Waals surface area contributed by atoms with E-state index in [9.17, 15) is 0 Å². The second kappa shape index (κ2) is 3.58. The molecule has 0 bridgehead atoms. The molecule has 0 nitrogen and oxygen atoms in total. The lowest BCUT2D eigenvalue weighted by Gasteiger charge is -2.26. The van der Waals surface area contributed by atoms with Crippen LogP contribution in [0.5, 0.6) is 0 Å². The molecule has 0 saturated carbocycles. The van der Waals surface area contributed by atoms with E-state index < -0.39 is 0 Å². The van der Waals surface area contributed by atoms with E-state index in [4.69, 9.17) is 0 Å². The number of alkyl halides is 1. The molecule has 0 amide bonds. The number of rotatable bonds is 0. The summed E-state index contributed by atoms with van der Waals surface area (Å²) >= 11 is 2.61. The van der Waals surface area contributed by atoms with Crippen LogP contribution in [0.1, 0.15) is 29.0 Å². The van der Waals surface area contributed by atoms with Gasteiger partial charge in [-0.1, -0.05) is 65.1 Å². The Hall–Kier alpha value is -0.830. The summed E-state index contributed by atoms with van der Waals surface area (Å²) in [6, 6.07) is 15.8. The molecule has 0 spiro atoms. The Bertz CT molecular complexity index is 600. The lowest BCUT2D eigenvalue weighted by Crippen LogP contribution is -2.17. The van der Waals surface area contributed by atoms with Gasteiger partial charge in [-0.25, -0.2) is 0 Å². The van der Waals surface area contributed by atoms with Crippen LogP contribution in [0.3, 0.4) is 0 Å². The molecule has 1 heteroatoms. The van der Waals surface area contributed by atoms with Gasteiger partial charge >= 0.3 is 0 Å². The van der Waals surface area contributed by atoms with Crippen molar-refractivity contribution < 1.29 is 0 Å². The van der Waals surface area contributed by atoms with Gasteiger partial charge in [-0.2, -0.15) is 0 Å². The first-order chi connectivity index (χ1) is 8.34. The second-order valence-corrected chi connectivity index (χ2v) is 6.82. The largest absolute Gasteiger partial charge is 0.0822 e. The van der Waals surface area contributed by atoms with Crippen LogP contribution in [0.25, 0.3) is 11.1 Å². The molecular weight excluding hydrogens is 319 g/mol. The summed E-state index contributed by atoms with van der Waals surface area (Å²) in [6.45, 7) is 0. The van der Waals surface area contributed by atoms with Crippen LogP contribution in [-0.4, -0.2) is 3.92 Å². The first-order valence-electron chi connectivity index (χ1n) is 6.20. The summed E-state index contributed by atoms with van der Waals surface area (Å²) in [4.78, 5) is 0. The second-order valence-electron chi connectivity index (χ2n) is 5.06. The fourth-order valence-corrected chi connectivity index (χ4v) is 4.44. The first-order valence-corrected chi connectivity index (χ1v) is 7.44. The van der Waals surface area contributed by atoms with Crippen molar-refractivity contribution in [3.05, 3.63) is 59.2 Å². The van der Waals surface area contributed by atoms with Gasteiger partial charge in [-0.3, -0.25) is 0 Å². The number of halogens is 1. The van der Waals surface area contributed by atoms with Gasteiger partial charge in [0, 0.05) is 9.84 Å². The van der Waals surface area contributed by atoms with E-state index in [0.717, 1.165) is 3.92 Å². The van der Waals surface area contributed by atoms with Gasteiger partial charge in [0.25, 0.3) is 0 Å². The van der Waals surface area contributed by atoms with Gasteiger partial charge in [0.05, 0.1) is 0 Å². The maximum Gasteiger partial charge on any atom is 0.0159 e. The maximum atomic E-state index is 2.61. The molecule has 0 saturated heterocycles. The highest BCUT2D eigenvalue weighted by Gasteiger charge is 2.35. The third kappa shape index (κ3) is 1.35. The SMILES string of the molecule is IC1Cc2cccc3c2C(C1)c1ccccc1-3. The molecule has 0 heterocycles. The highest BCUT2D eigenvalue weighted by Crippen LogP contribution is 2.51. The first kappa shape index (κ1) is 10.1. The minimum absolute atomic E-state index is 0.660. The molecule has 2 unspecified atom stereocenters. The van der Waals surface area contributed by atoms with Crippen LogP contribution in [0.4, 0.5) is 0 Å².